The summed E-state index contributed by atoms with van der Waals surface area (Å²) in [5.74, 6) is 0.0554. The molecule has 0 spiro atoms. The third-order valence-electron chi connectivity index (χ3n) is 11.5. The molecule has 1 aliphatic heterocycles. The highest BCUT2D eigenvalue weighted by molar-refractivity contribution is 7.48. The van der Waals surface area contributed by atoms with Crippen molar-refractivity contribution in [1.82, 2.24) is 19.5 Å². The van der Waals surface area contributed by atoms with Crippen LogP contribution in [0, 0.1) is 0 Å². The van der Waals surface area contributed by atoms with Gasteiger partial charge < -0.3 is 28.1 Å². The van der Waals surface area contributed by atoms with Gasteiger partial charge in [-0.1, -0.05) is 143 Å². The molecule has 71 heavy (non-hydrogen) atoms. The van der Waals surface area contributed by atoms with Gasteiger partial charge in [0.25, 0.3) is 8.32 Å². The molecule has 1 amide bonds. The summed E-state index contributed by atoms with van der Waals surface area (Å²) in [5, 5.41) is 4.12. The maximum Gasteiger partial charge on any atom is 0.476 e. The van der Waals surface area contributed by atoms with E-state index in [1.54, 1.807) is 53.1 Å². The molecule has 6 aromatic rings. The van der Waals surface area contributed by atoms with E-state index in [9.17, 15) is 9.59 Å². The van der Waals surface area contributed by atoms with Crippen LogP contribution in [0.3, 0.4) is 0 Å². The quantitative estimate of drug-likeness (QED) is 0.0261. The highest BCUT2D eigenvalue weighted by atomic mass is 31.2. The number of ketones is 1. The molecule has 7 rings (SSSR count). The van der Waals surface area contributed by atoms with Gasteiger partial charge in [-0.2, -0.15) is 9.97 Å². The molecule has 3 heterocycles. The van der Waals surface area contributed by atoms with E-state index < -0.39 is 57.6 Å². The van der Waals surface area contributed by atoms with Gasteiger partial charge in [-0.05, 0) is 33.1 Å². The maximum atomic E-state index is 15.5. The standard InChI is InChI=1S/C52H58N5O12PSi/c1-9-27-63-49-45-48(54-50(55-49)56-51(59)64-28-10-2)57(35-53-45)44-33-42(43(67-44)34-66-71(52(4,5)6,40-23-17-13-18-24-40)41-25-19-14-20-26-41)68-70(60,65-29-11-3)69-47(46(58)36-21-15-12-16-22-36)37-30-38(61-7)32-39(31-37)62-8/h9-26,30-32,35,42-44,47H,1-3,27-29,33-34H2,4-8H3,(H,54,55,56,59)/t42-,43+,44+,47?,70?/m0/s1. The minimum Gasteiger partial charge on any atom is -0.497 e. The van der Waals surface area contributed by atoms with E-state index in [1.807, 2.05) is 36.4 Å². The van der Waals surface area contributed by atoms with Crippen molar-refractivity contribution in [2.24, 2.45) is 0 Å². The zero-order chi connectivity index (χ0) is 50.6. The predicted molar refractivity (Wildman–Crippen MR) is 271 cm³/mol. The van der Waals surface area contributed by atoms with E-state index in [1.165, 1.54) is 38.8 Å². The second-order valence-electron chi connectivity index (χ2n) is 17.2. The summed E-state index contributed by atoms with van der Waals surface area (Å²) in [5.41, 5.74) is 0.969. The number of aromatic nitrogens is 4. The number of phosphoric ester groups is 1. The summed E-state index contributed by atoms with van der Waals surface area (Å²) < 4.78 is 72.6. The Morgan fingerprint density at radius 1 is 0.859 bits per heavy atom. The third kappa shape index (κ3) is 12.1. The van der Waals surface area contributed by atoms with Crippen LogP contribution in [-0.4, -0.2) is 92.6 Å². The molecule has 372 valence electrons. The van der Waals surface area contributed by atoms with E-state index in [0.29, 0.717) is 11.5 Å². The zero-order valence-corrected chi connectivity index (χ0v) is 42.2. The second kappa shape index (κ2) is 23.4. The minimum atomic E-state index is -4.83. The molecule has 0 bridgehead atoms. The molecule has 2 aromatic heterocycles. The van der Waals surface area contributed by atoms with Crippen LogP contribution in [0.25, 0.3) is 11.2 Å². The van der Waals surface area contributed by atoms with Crippen molar-refractivity contribution in [3.63, 3.8) is 0 Å². The van der Waals surface area contributed by atoms with Crippen LogP contribution in [0.2, 0.25) is 5.04 Å². The van der Waals surface area contributed by atoms with Gasteiger partial charge in [0.2, 0.25) is 11.8 Å². The number of fused-ring (bicyclic) bond motifs is 1. The molecule has 0 aliphatic carbocycles. The van der Waals surface area contributed by atoms with Crippen molar-refractivity contribution < 1.29 is 55.8 Å². The summed E-state index contributed by atoms with van der Waals surface area (Å²) in [6.07, 6.45) is 0.416. The molecule has 1 fully saturated rings. The molecule has 5 atom stereocenters. The van der Waals surface area contributed by atoms with Gasteiger partial charge >= 0.3 is 13.9 Å². The molecular weight excluding hydrogens is 946 g/mol. The van der Waals surface area contributed by atoms with Gasteiger partial charge in [-0.3, -0.25) is 28.2 Å². The van der Waals surface area contributed by atoms with Crippen molar-refractivity contribution in [3.8, 4) is 17.4 Å². The van der Waals surface area contributed by atoms with E-state index >= 15 is 4.57 Å². The molecule has 4 aromatic carbocycles. The number of carbonyl (C=O) groups excluding carboxylic acids is 2. The lowest BCUT2D eigenvalue weighted by Crippen LogP contribution is -2.67. The van der Waals surface area contributed by atoms with E-state index in [4.69, 9.17) is 41.7 Å². The molecule has 2 unspecified atom stereocenters. The number of phosphoric acid groups is 1. The summed E-state index contributed by atoms with van der Waals surface area (Å²) in [6, 6.07) is 33.4. The molecule has 17 nitrogen and oxygen atoms in total. The Bertz CT molecular complexity index is 2790. The van der Waals surface area contributed by atoms with Crippen molar-refractivity contribution in [3.05, 3.63) is 165 Å². The number of nitrogens with one attached hydrogen (secondary N) is 1. The van der Waals surface area contributed by atoms with Crippen LogP contribution >= 0.6 is 7.82 Å². The van der Waals surface area contributed by atoms with Crippen LogP contribution in [0.15, 0.2) is 153 Å². The summed E-state index contributed by atoms with van der Waals surface area (Å²) >= 11 is 0. The van der Waals surface area contributed by atoms with Crippen LogP contribution in [-0.2, 0) is 32.0 Å². The first kappa shape index (κ1) is 52.1. The SMILES string of the molecule is C=CCOC(=O)Nc1nc(OCC=C)c2ncn([C@H]3C[C@H](OP(=O)(OCC=C)OC(C(=O)c4ccccc4)c4cc(OC)cc(OC)c4)[C@@H](CO[Si](c4ccccc4)(c4ccccc4)C(C)(C)C)O3)c2n1. The predicted octanol–water partition coefficient (Wildman–Crippen LogP) is 9.34. The van der Waals surface area contributed by atoms with Gasteiger partial charge in [0.05, 0.1) is 33.8 Å². The number of methoxy groups -OCH3 is 2. The Kier molecular flexibility index (Phi) is 17.2. The van der Waals surface area contributed by atoms with Gasteiger partial charge in [-0.25, -0.2) is 14.3 Å². The maximum absolute atomic E-state index is 15.5. The highest BCUT2D eigenvalue weighted by Crippen LogP contribution is 2.57. The van der Waals surface area contributed by atoms with Crippen LogP contribution < -0.4 is 29.9 Å². The molecule has 0 radical (unpaired) electrons. The zero-order valence-electron chi connectivity index (χ0n) is 40.3. The fraction of sp³-hybridized carbons (Fsp3) is 0.288. The Morgan fingerprint density at radius 2 is 1.46 bits per heavy atom. The summed E-state index contributed by atoms with van der Waals surface area (Å²) in [4.78, 5) is 40.9. The number of hydrogen-bond donors (Lipinski definition) is 1. The van der Waals surface area contributed by atoms with Crippen molar-refractivity contribution in [2.75, 3.05) is 46.0 Å². The fourth-order valence-electron chi connectivity index (χ4n) is 8.28. The Balaban J connectivity index is 1.34. The topological polar surface area (TPSA) is 190 Å². The number of Topliss-reactive ketones (excluding diaryl/α,β-unsaturated/α-hetero) is 1. The number of rotatable bonds is 24. The number of ether oxygens (including phenoxy) is 5. The number of benzene rings is 4. The van der Waals surface area contributed by atoms with E-state index in [-0.39, 0.29) is 67.0 Å². The minimum absolute atomic E-state index is 0.00764. The van der Waals surface area contributed by atoms with Crippen LogP contribution in [0.1, 0.15) is 55.4 Å². The van der Waals surface area contributed by atoms with Gasteiger partial charge in [0.1, 0.15) is 43.1 Å². The molecule has 19 heteroatoms. The van der Waals surface area contributed by atoms with Gasteiger partial charge in [0, 0.05) is 18.1 Å². The Labute approximate surface area is 414 Å². The third-order valence-corrected chi connectivity index (χ3v) is 17.9. The number of nitrogens with zero attached hydrogens (tertiary/aromatic N) is 4. The van der Waals surface area contributed by atoms with Crippen molar-refractivity contribution in [2.45, 2.75) is 56.8 Å². The smallest absolute Gasteiger partial charge is 0.476 e. The monoisotopic (exact) mass is 1000 g/mol. The highest BCUT2D eigenvalue weighted by Gasteiger charge is 2.52. The van der Waals surface area contributed by atoms with E-state index in [0.717, 1.165) is 10.4 Å². The fourth-order valence-corrected chi connectivity index (χ4v) is 14.3. The largest absolute Gasteiger partial charge is 0.497 e. The Hall–Kier alpha value is -6.76. The number of carbonyl (C=O) groups is 2. The lowest BCUT2D eigenvalue weighted by Gasteiger charge is -2.43. The average Bonchev–Trinajstić information content (AvgIpc) is 3.99. The van der Waals surface area contributed by atoms with Gasteiger partial charge in [0.15, 0.2) is 23.1 Å². The molecule has 1 aliphatic rings. The number of anilines is 1. The molecular formula is C52H58N5O12PSi. The first-order valence-corrected chi connectivity index (χ1v) is 26.1. The van der Waals surface area contributed by atoms with E-state index in [2.05, 4.69) is 85.0 Å². The van der Waals surface area contributed by atoms with Crippen LogP contribution in [0.5, 0.6) is 17.4 Å². The lowest BCUT2D eigenvalue weighted by atomic mass is 9.99. The summed E-state index contributed by atoms with van der Waals surface area (Å²) in [7, 11) is -5.11. The molecule has 1 N–H and O–H groups in total. The first-order chi connectivity index (χ1) is 34.3. The van der Waals surface area contributed by atoms with Crippen molar-refractivity contribution >= 4 is 55.5 Å². The molecule has 1 saturated heterocycles. The lowest BCUT2D eigenvalue weighted by molar-refractivity contribution is -0.0430. The Morgan fingerprint density at radius 3 is 2.04 bits per heavy atom. The second-order valence-corrected chi connectivity index (χ2v) is 23.0. The van der Waals surface area contributed by atoms with Crippen LogP contribution in [0.4, 0.5) is 10.7 Å². The number of hydrogen-bond acceptors (Lipinski definition) is 15. The summed E-state index contributed by atoms with van der Waals surface area (Å²) in [6.45, 7) is 17.2. The molecule has 0 saturated carbocycles. The normalized spacial score (nSPS) is 17.1. The van der Waals surface area contributed by atoms with Gasteiger partial charge in [-0.15, -0.1) is 6.58 Å². The number of amides is 1. The first-order valence-electron chi connectivity index (χ1n) is 22.7. The van der Waals surface area contributed by atoms with Crippen molar-refractivity contribution in [1.29, 1.82) is 0 Å². The number of imidazole rings is 1. The average molecular weight is 1000 g/mol.